The van der Waals surface area contributed by atoms with Crippen molar-refractivity contribution in [2.45, 2.75) is 39.0 Å². The molecule has 3 amide bonds. The van der Waals surface area contributed by atoms with E-state index >= 15 is 0 Å². The number of ether oxygens (including phenoxy) is 4. The van der Waals surface area contributed by atoms with Gasteiger partial charge in [-0.05, 0) is 94.2 Å². The Labute approximate surface area is 295 Å². The normalized spacial score (nSPS) is 13.0. The topological polar surface area (TPSA) is 136 Å². The van der Waals surface area contributed by atoms with Crippen molar-refractivity contribution in [1.82, 2.24) is 9.80 Å². The van der Waals surface area contributed by atoms with Gasteiger partial charge < -0.3 is 44.7 Å². The van der Waals surface area contributed by atoms with Crippen LogP contribution < -0.4 is 34.9 Å². The number of nitrogens with two attached hydrogens (primary N) is 1. The highest BCUT2D eigenvalue weighted by atomic mass is 16.5. The first-order chi connectivity index (χ1) is 24.1. The number of unbranched alkanes of at least 4 members (excludes halogenated alkanes) is 2. The summed E-state index contributed by atoms with van der Waals surface area (Å²) in [6, 6.07) is 15.6. The minimum atomic E-state index is -0.409. The number of anilines is 2. The number of rotatable bonds is 17. The molecule has 0 saturated carbocycles. The number of carbonyl (C=O) groups excluding carboxylic acids is 3. The fourth-order valence-corrected chi connectivity index (χ4v) is 5.59. The summed E-state index contributed by atoms with van der Waals surface area (Å²) in [5.74, 6) is 1.39. The molecule has 1 saturated heterocycles. The Bertz CT molecular complexity index is 1610. The molecule has 4 rings (SSSR count). The lowest BCUT2D eigenvalue weighted by Gasteiger charge is -2.32. The molecule has 0 bridgehead atoms. The van der Waals surface area contributed by atoms with Gasteiger partial charge in [0, 0.05) is 51.3 Å². The second-order valence-corrected chi connectivity index (χ2v) is 12.4. The molecule has 12 nitrogen and oxygen atoms in total. The molecule has 0 spiro atoms. The second kappa shape index (κ2) is 18.8. The van der Waals surface area contributed by atoms with Gasteiger partial charge >= 0.3 is 0 Å². The third-order valence-electron chi connectivity index (χ3n) is 8.67. The molecule has 0 aromatic heterocycles. The fraction of sp³-hybridized carbons (Fsp3) is 0.447. The van der Waals surface area contributed by atoms with Crippen LogP contribution in [0.2, 0.25) is 0 Å². The van der Waals surface area contributed by atoms with Crippen LogP contribution in [0.1, 0.15) is 58.4 Å². The number of likely N-dealkylation sites (N-methyl/N-ethyl adjacent to an activating group) is 1. The summed E-state index contributed by atoms with van der Waals surface area (Å²) in [6.07, 6.45) is 3.67. The van der Waals surface area contributed by atoms with Gasteiger partial charge in [0.25, 0.3) is 11.8 Å². The Morgan fingerprint density at radius 1 is 0.820 bits per heavy atom. The maximum absolute atomic E-state index is 13.7. The van der Waals surface area contributed by atoms with Gasteiger partial charge in [-0.2, -0.15) is 0 Å². The monoisotopic (exact) mass is 689 g/mol. The molecule has 0 aliphatic carbocycles. The van der Waals surface area contributed by atoms with Crippen LogP contribution in [0.15, 0.2) is 54.6 Å². The summed E-state index contributed by atoms with van der Waals surface area (Å²) in [4.78, 5) is 45.3. The van der Waals surface area contributed by atoms with Crippen LogP contribution >= 0.6 is 0 Å². The van der Waals surface area contributed by atoms with E-state index in [0.717, 1.165) is 51.0 Å². The zero-order valence-electron chi connectivity index (χ0n) is 30.0. The smallest absolute Gasteiger partial charge is 0.259 e. The maximum atomic E-state index is 13.7. The van der Waals surface area contributed by atoms with Gasteiger partial charge in [0.2, 0.25) is 5.91 Å². The van der Waals surface area contributed by atoms with E-state index in [1.54, 1.807) is 55.5 Å². The zero-order chi connectivity index (χ0) is 36.0. The Morgan fingerprint density at radius 3 is 2.28 bits per heavy atom. The molecular formula is C38H51N5O7. The first-order valence-electron chi connectivity index (χ1n) is 17.1. The van der Waals surface area contributed by atoms with E-state index in [4.69, 9.17) is 24.7 Å². The first-order valence-corrected chi connectivity index (χ1v) is 17.1. The molecule has 0 unspecified atom stereocenters. The Balaban J connectivity index is 1.37. The van der Waals surface area contributed by atoms with Gasteiger partial charge in [0.15, 0.2) is 0 Å². The van der Waals surface area contributed by atoms with Crippen molar-refractivity contribution in [3.05, 3.63) is 71.3 Å². The minimum Gasteiger partial charge on any atom is -0.497 e. The van der Waals surface area contributed by atoms with E-state index in [1.165, 1.54) is 7.11 Å². The van der Waals surface area contributed by atoms with Gasteiger partial charge in [0.05, 0.1) is 44.4 Å². The van der Waals surface area contributed by atoms with Crippen molar-refractivity contribution in [2.24, 2.45) is 5.73 Å². The zero-order valence-corrected chi connectivity index (χ0v) is 30.0. The first kappa shape index (κ1) is 38.0. The van der Waals surface area contributed by atoms with Gasteiger partial charge in [-0.3, -0.25) is 14.4 Å². The number of carbonyl (C=O) groups is 3. The number of nitrogens with one attached hydrogen (secondary N) is 1. The molecule has 1 heterocycles. The van der Waals surface area contributed by atoms with E-state index in [0.29, 0.717) is 78.1 Å². The van der Waals surface area contributed by atoms with E-state index in [-0.39, 0.29) is 11.8 Å². The van der Waals surface area contributed by atoms with Crippen LogP contribution in [0.25, 0.3) is 0 Å². The average Bonchev–Trinajstić information content (AvgIpc) is 3.12. The molecule has 0 atom stereocenters. The lowest BCUT2D eigenvalue weighted by Crippen LogP contribution is -2.47. The van der Waals surface area contributed by atoms with Crippen molar-refractivity contribution < 1.29 is 33.3 Å². The van der Waals surface area contributed by atoms with Crippen LogP contribution in [0.4, 0.5) is 11.4 Å². The van der Waals surface area contributed by atoms with Crippen LogP contribution in [-0.2, 0) is 4.79 Å². The van der Waals surface area contributed by atoms with Gasteiger partial charge in [-0.1, -0.05) is 6.07 Å². The summed E-state index contributed by atoms with van der Waals surface area (Å²) in [5, 5.41) is 2.87. The minimum absolute atomic E-state index is 0.224. The average molecular weight is 690 g/mol. The highest BCUT2D eigenvalue weighted by Gasteiger charge is 2.22. The Kier molecular flexibility index (Phi) is 14.3. The molecule has 1 fully saturated rings. The number of hydrogen-bond donors (Lipinski definition) is 2. The summed E-state index contributed by atoms with van der Waals surface area (Å²) >= 11 is 0. The maximum Gasteiger partial charge on any atom is 0.259 e. The Morgan fingerprint density at radius 2 is 1.56 bits per heavy atom. The van der Waals surface area contributed by atoms with Crippen molar-refractivity contribution in [3.8, 4) is 23.0 Å². The number of hydrogen-bond acceptors (Lipinski definition) is 9. The largest absolute Gasteiger partial charge is 0.497 e. The number of benzene rings is 3. The van der Waals surface area contributed by atoms with Crippen molar-refractivity contribution in [2.75, 3.05) is 84.5 Å². The van der Waals surface area contributed by atoms with E-state index in [1.807, 2.05) is 30.0 Å². The highest BCUT2D eigenvalue weighted by molar-refractivity contribution is 6.09. The SMILES string of the molecule is COc1ccc(C(=O)Nc2ccc(C(=O)N(C)c3ccc(C)cc3OCCCCCC(=O)N3CCN(C)CC3)cc2OC)c(OCCCN)c1. The van der Waals surface area contributed by atoms with Gasteiger partial charge in [-0.15, -0.1) is 0 Å². The predicted octanol–water partition coefficient (Wildman–Crippen LogP) is 4.98. The van der Waals surface area contributed by atoms with Crippen LogP contribution in [0, 0.1) is 6.92 Å². The molecule has 270 valence electrons. The van der Waals surface area contributed by atoms with Crippen molar-refractivity contribution in [1.29, 1.82) is 0 Å². The summed E-state index contributed by atoms with van der Waals surface area (Å²) in [7, 11) is 6.80. The summed E-state index contributed by atoms with van der Waals surface area (Å²) < 4.78 is 22.9. The molecule has 3 aromatic rings. The highest BCUT2D eigenvalue weighted by Crippen LogP contribution is 2.33. The second-order valence-electron chi connectivity index (χ2n) is 12.4. The third-order valence-corrected chi connectivity index (χ3v) is 8.67. The molecule has 3 aromatic carbocycles. The quantitative estimate of drug-likeness (QED) is 0.188. The third kappa shape index (κ3) is 10.3. The molecule has 50 heavy (non-hydrogen) atoms. The number of aryl methyl sites for hydroxylation is 1. The lowest BCUT2D eigenvalue weighted by molar-refractivity contribution is -0.132. The van der Waals surface area contributed by atoms with Gasteiger partial charge in [-0.25, -0.2) is 0 Å². The molecule has 1 aliphatic rings. The van der Waals surface area contributed by atoms with Crippen LogP contribution in [0.3, 0.4) is 0 Å². The molecule has 1 aliphatic heterocycles. The summed E-state index contributed by atoms with van der Waals surface area (Å²) in [6.45, 7) is 6.70. The molecule has 0 radical (unpaired) electrons. The van der Waals surface area contributed by atoms with E-state index < -0.39 is 5.91 Å². The van der Waals surface area contributed by atoms with Crippen LogP contribution in [0.5, 0.6) is 23.0 Å². The standard InChI is InChI=1S/C38H51N5O7/c1-27-11-16-32(35(24-27)50-22-8-6-7-10-36(44)43-20-18-41(2)19-21-43)42(3)38(46)28-12-15-31(34(25-28)48-5)40-37(45)30-14-13-29(47-4)26-33(30)49-23-9-17-39/h11-16,24-26H,6-10,17-23,39H2,1-5H3,(H,40,45). The fourth-order valence-electron chi connectivity index (χ4n) is 5.59. The van der Waals surface area contributed by atoms with E-state index in [2.05, 4.69) is 17.3 Å². The van der Waals surface area contributed by atoms with Gasteiger partial charge in [0.1, 0.15) is 23.0 Å². The van der Waals surface area contributed by atoms with Crippen molar-refractivity contribution in [3.63, 3.8) is 0 Å². The Hall–Kier alpha value is -4.81. The number of piperazine rings is 1. The summed E-state index contributed by atoms with van der Waals surface area (Å²) in [5.41, 5.74) is 8.32. The number of amides is 3. The molecular weight excluding hydrogens is 638 g/mol. The molecule has 3 N–H and O–H groups in total. The van der Waals surface area contributed by atoms with Crippen LogP contribution in [-0.4, -0.2) is 102 Å². The van der Waals surface area contributed by atoms with E-state index in [9.17, 15) is 14.4 Å². The number of methoxy groups -OCH3 is 2. The molecule has 12 heteroatoms. The van der Waals surface area contributed by atoms with Crippen molar-refractivity contribution >= 4 is 29.1 Å². The lowest BCUT2D eigenvalue weighted by atomic mass is 10.1. The number of nitrogens with zero attached hydrogens (tertiary/aromatic N) is 3. The predicted molar refractivity (Wildman–Crippen MR) is 195 cm³/mol.